The Labute approximate surface area is 189 Å². The van der Waals surface area contributed by atoms with Crippen LogP contribution in [0.15, 0.2) is 94.1 Å². The molecule has 0 aliphatic heterocycles. The summed E-state index contributed by atoms with van der Waals surface area (Å²) in [5.74, 6) is 1.78. The van der Waals surface area contributed by atoms with Crippen molar-refractivity contribution in [3.8, 4) is 23.0 Å². The third-order valence-corrected chi connectivity index (χ3v) is 5.15. The van der Waals surface area contributed by atoms with Gasteiger partial charge in [0.25, 0.3) is 5.91 Å². The second-order valence-corrected chi connectivity index (χ2v) is 7.30. The number of hydrogen-bond donors (Lipinski definition) is 1. The Balaban J connectivity index is 1.43. The number of furan rings is 1. The van der Waals surface area contributed by atoms with Gasteiger partial charge in [-0.1, -0.05) is 41.6 Å². The Bertz CT molecular complexity index is 1410. The van der Waals surface area contributed by atoms with Gasteiger partial charge in [0.2, 0.25) is 5.76 Å². The summed E-state index contributed by atoms with van der Waals surface area (Å²) < 4.78 is 22.0. The summed E-state index contributed by atoms with van der Waals surface area (Å²) in [7, 11) is 1.56. The van der Waals surface area contributed by atoms with Crippen molar-refractivity contribution in [1.82, 2.24) is 5.16 Å². The van der Waals surface area contributed by atoms with Crippen LogP contribution in [0.4, 0.5) is 5.69 Å². The van der Waals surface area contributed by atoms with Crippen LogP contribution in [-0.2, 0) is 6.61 Å². The normalized spacial score (nSPS) is 10.8. The van der Waals surface area contributed by atoms with Crippen molar-refractivity contribution >= 4 is 22.4 Å². The molecule has 0 aliphatic rings. The number of benzene rings is 3. The molecule has 2 heterocycles. The lowest BCUT2D eigenvalue weighted by atomic mass is 10.0. The van der Waals surface area contributed by atoms with Crippen molar-refractivity contribution in [1.29, 1.82) is 0 Å². The van der Waals surface area contributed by atoms with Crippen LogP contribution in [0.25, 0.3) is 22.3 Å². The van der Waals surface area contributed by atoms with Crippen molar-refractivity contribution in [3.63, 3.8) is 0 Å². The molecule has 5 rings (SSSR count). The van der Waals surface area contributed by atoms with Crippen molar-refractivity contribution in [2.75, 3.05) is 12.4 Å². The highest BCUT2D eigenvalue weighted by Crippen LogP contribution is 2.30. The first-order chi connectivity index (χ1) is 16.2. The number of nitrogens with zero attached hydrogens (tertiary/aromatic N) is 1. The molecular weight excluding hydrogens is 420 g/mol. The highest BCUT2D eigenvalue weighted by Gasteiger charge is 2.17. The summed E-state index contributed by atoms with van der Waals surface area (Å²) >= 11 is 0. The molecular formula is C26H20N2O5. The third kappa shape index (κ3) is 4.29. The summed E-state index contributed by atoms with van der Waals surface area (Å²) in [6.07, 6.45) is 1.57. The van der Waals surface area contributed by atoms with E-state index in [4.69, 9.17) is 18.4 Å². The quantitative estimate of drug-likeness (QED) is 0.338. The Hall–Kier alpha value is -4.52. The maximum atomic E-state index is 13.2. The Morgan fingerprint density at radius 1 is 0.909 bits per heavy atom. The highest BCUT2D eigenvalue weighted by atomic mass is 16.5. The van der Waals surface area contributed by atoms with Gasteiger partial charge in [0.05, 0.1) is 24.6 Å². The van der Waals surface area contributed by atoms with Crippen LogP contribution in [-0.4, -0.2) is 18.2 Å². The van der Waals surface area contributed by atoms with Crippen molar-refractivity contribution in [3.05, 3.63) is 96.4 Å². The van der Waals surface area contributed by atoms with Gasteiger partial charge in [-0.05, 0) is 47.2 Å². The van der Waals surface area contributed by atoms with Gasteiger partial charge < -0.3 is 23.7 Å². The fourth-order valence-electron chi connectivity index (χ4n) is 3.52. The maximum absolute atomic E-state index is 13.2. The zero-order valence-electron chi connectivity index (χ0n) is 17.8. The molecule has 0 atom stereocenters. The summed E-state index contributed by atoms with van der Waals surface area (Å²) in [4.78, 5) is 13.2. The van der Waals surface area contributed by atoms with E-state index in [0.29, 0.717) is 40.0 Å². The Kier molecular flexibility index (Phi) is 5.51. The molecule has 0 saturated carbocycles. The molecule has 0 unspecified atom stereocenters. The molecule has 0 aliphatic carbocycles. The second-order valence-electron chi connectivity index (χ2n) is 7.30. The lowest BCUT2D eigenvalue weighted by Crippen LogP contribution is -2.14. The minimum Gasteiger partial charge on any atom is -0.495 e. The molecule has 0 fully saturated rings. The van der Waals surface area contributed by atoms with E-state index in [-0.39, 0.29) is 12.5 Å². The number of carbonyl (C=O) groups is 1. The molecule has 0 saturated heterocycles. The van der Waals surface area contributed by atoms with Crippen molar-refractivity contribution in [2.24, 2.45) is 0 Å². The summed E-state index contributed by atoms with van der Waals surface area (Å²) in [5, 5.41) is 8.83. The topological polar surface area (TPSA) is 86.7 Å². The van der Waals surface area contributed by atoms with Crippen LogP contribution in [0.2, 0.25) is 0 Å². The smallest absolute Gasteiger partial charge is 0.259 e. The van der Waals surface area contributed by atoms with Crippen LogP contribution in [0, 0.1) is 0 Å². The lowest BCUT2D eigenvalue weighted by Gasteiger charge is -2.14. The van der Waals surface area contributed by atoms with Crippen molar-refractivity contribution in [2.45, 2.75) is 6.61 Å². The van der Waals surface area contributed by atoms with Crippen LogP contribution < -0.4 is 14.8 Å². The average Bonchev–Trinajstić information content (AvgIpc) is 3.54. The van der Waals surface area contributed by atoms with E-state index < -0.39 is 0 Å². The SMILES string of the molecule is COc1ccccc1NC(=O)c1cc2ccccc2cc1OCc1cc(-c2ccco2)on1. The standard InChI is InChI=1S/C26H20N2O5/c1-30-22-10-5-4-9-21(22)27-26(29)20-13-17-7-2-3-8-18(17)14-24(20)32-16-19-15-25(33-28-19)23-11-6-12-31-23/h2-15H,16H2,1H3,(H,27,29). The number of carbonyl (C=O) groups excluding carboxylic acids is 1. The largest absolute Gasteiger partial charge is 0.495 e. The maximum Gasteiger partial charge on any atom is 0.259 e. The van der Waals surface area contributed by atoms with Gasteiger partial charge in [-0.3, -0.25) is 4.79 Å². The number of aromatic nitrogens is 1. The Morgan fingerprint density at radius 3 is 2.48 bits per heavy atom. The number of rotatable bonds is 7. The molecule has 0 bridgehead atoms. The molecule has 0 radical (unpaired) electrons. The molecule has 2 aromatic heterocycles. The number of fused-ring (bicyclic) bond motifs is 1. The van der Waals surface area contributed by atoms with E-state index in [0.717, 1.165) is 10.8 Å². The van der Waals surface area contributed by atoms with Crippen LogP contribution >= 0.6 is 0 Å². The van der Waals surface area contributed by atoms with E-state index in [1.54, 1.807) is 43.7 Å². The van der Waals surface area contributed by atoms with Gasteiger partial charge >= 0.3 is 0 Å². The first-order valence-corrected chi connectivity index (χ1v) is 10.3. The number of anilines is 1. The molecule has 0 spiro atoms. The van der Waals surface area contributed by atoms with Crippen LogP contribution in [0.3, 0.4) is 0 Å². The van der Waals surface area contributed by atoms with Gasteiger partial charge in [-0.2, -0.15) is 0 Å². The summed E-state index contributed by atoms with van der Waals surface area (Å²) in [6.45, 7) is 0.123. The fraction of sp³-hybridized carbons (Fsp3) is 0.0769. The average molecular weight is 440 g/mol. The highest BCUT2D eigenvalue weighted by molar-refractivity contribution is 6.09. The molecule has 1 N–H and O–H groups in total. The molecule has 3 aromatic carbocycles. The molecule has 7 heteroatoms. The van der Waals surface area contributed by atoms with E-state index >= 15 is 0 Å². The fourth-order valence-corrected chi connectivity index (χ4v) is 3.52. The molecule has 5 aromatic rings. The predicted octanol–water partition coefficient (Wildman–Crippen LogP) is 5.93. The minimum absolute atomic E-state index is 0.123. The lowest BCUT2D eigenvalue weighted by molar-refractivity contribution is 0.102. The number of ether oxygens (including phenoxy) is 2. The number of nitrogens with one attached hydrogen (secondary N) is 1. The van der Waals surface area contributed by atoms with Gasteiger partial charge in [0, 0.05) is 6.07 Å². The molecule has 1 amide bonds. The van der Waals surface area contributed by atoms with E-state index in [2.05, 4.69) is 10.5 Å². The van der Waals surface area contributed by atoms with Crippen LogP contribution in [0.1, 0.15) is 16.1 Å². The first kappa shape index (κ1) is 20.4. The van der Waals surface area contributed by atoms with Gasteiger partial charge in [0.15, 0.2) is 5.76 Å². The zero-order valence-corrected chi connectivity index (χ0v) is 17.8. The minimum atomic E-state index is -0.309. The molecule has 164 valence electrons. The molecule has 33 heavy (non-hydrogen) atoms. The van der Waals surface area contributed by atoms with Gasteiger partial charge in [-0.25, -0.2) is 0 Å². The van der Waals surface area contributed by atoms with Gasteiger partial charge in [-0.15, -0.1) is 0 Å². The number of amides is 1. The number of methoxy groups -OCH3 is 1. The number of para-hydroxylation sites is 2. The van der Waals surface area contributed by atoms with Crippen molar-refractivity contribution < 1.29 is 23.2 Å². The van der Waals surface area contributed by atoms with E-state index in [1.807, 2.05) is 48.5 Å². The number of hydrogen-bond acceptors (Lipinski definition) is 6. The Morgan fingerprint density at radius 2 is 1.70 bits per heavy atom. The summed E-state index contributed by atoms with van der Waals surface area (Å²) in [6, 6.07) is 24.0. The monoisotopic (exact) mass is 440 g/mol. The van der Waals surface area contributed by atoms with Gasteiger partial charge in [0.1, 0.15) is 23.8 Å². The third-order valence-electron chi connectivity index (χ3n) is 5.15. The van der Waals surface area contributed by atoms with E-state index in [9.17, 15) is 4.79 Å². The van der Waals surface area contributed by atoms with E-state index in [1.165, 1.54) is 0 Å². The second kappa shape index (κ2) is 8.92. The predicted molar refractivity (Wildman–Crippen MR) is 123 cm³/mol. The van der Waals surface area contributed by atoms with Crippen LogP contribution in [0.5, 0.6) is 11.5 Å². The first-order valence-electron chi connectivity index (χ1n) is 10.3. The summed E-state index contributed by atoms with van der Waals surface area (Å²) in [5.41, 5.74) is 1.55. The molecule has 7 nitrogen and oxygen atoms in total. The zero-order chi connectivity index (χ0) is 22.6.